The molecule has 1 aromatic heterocycles. The zero-order valence-corrected chi connectivity index (χ0v) is 39.4. The van der Waals surface area contributed by atoms with Crippen molar-refractivity contribution in [3.8, 4) is 22.3 Å². The molecule has 2 fully saturated rings. The molecule has 6 rings (SSSR count). The van der Waals surface area contributed by atoms with Gasteiger partial charge in [0, 0.05) is 56.9 Å². The number of benzene rings is 3. The molecule has 2 saturated heterocycles. The Hall–Kier alpha value is -6.03. The van der Waals surface area contributed by atoms with Crippen LogP contribution in [0.3, 0.4) is 0 Å². The molecule has 0 aliphatic carbocycles. The Bertz CT molecular complexity index is 2430. The lowest BCUT2D eigenvalue weighted by Gasteiger charge is -2.35. The van der Waals surface area contributed by atoms with Crippen LogP contribution in [0.4, 0.5) is 18.9 Å². The van der Waals surface area contributed by atoms with Crippen LogP contribution in [-0.2, 0) is 43.2 Å². The molecule has 358 valence electrons. The summed E-state index contributed by atoms with van der Waals surface area (Å²) in [6, 6.07) is 18.1. The fourth-order valence-corrected chi connectivity index (χ4v) is 9.03. The van der Waals surface area contributed by atoms with Gasteiger partial charge in [0.2, 0.25) is 17.7 Å². The molecule has 3 heterocycles. The number of nitrogens with zero attached hydrogens (tertiary/aromatic N) is 4. The van der Waals surface area contributed by atoms with Gasteiger partial charge in [0.15, 0.2) is 6.10 Å². The fourth-order valence-electron chi connectivity index (χ4n) is 8.22. The van der Waals surface area contributed by atoms with Crippen molar-refractivity contribution in [3.05, 3.63) is 100 Å². The first kappa shape index (κ1) is 50.4. The summed E-state index contributed by atoms with van der Waals surface area (Å²) in [5.41, 5.74) is 3.33. The largest absolute Gasteiger partial charge is 0.480 e. The molecule has 4 N–H and O–H groups in total. The summed E-state index contributed by atoms with van der Waals surface area (Å²) in [6.07, 6.45) is -5.20. The highest BCUT2D eigenvalue weighted by molar-refractivity contribution is 7.13. The second-order valence-corrected chi connectivity index (χ2v) is 19.7. The van der Waals surface area contributed by atoms with Crippen molar-refractivity contribution in [3.63, 3.8) is 0 Å². The average Bonchev–Trinajstić information content (AvgIpc) is 3.95. The summed E-state index contributed by atoms with van der Waals surface area (Å²) < 4.78 is 52.1. The predicted molar refractivity (Wildman–Crippen MR) is 246 cm³/mol. The number of likely N-dealkylation sites (tertiary alicyclic amines) is 2. The Morgan fingerprint density at radius 1 is 1.03 bits per heavy atom. The number of halogens is 3. The van der Waals surface area contributed by atoms with Crippen molar-refractivity contribution in [1.82, 2.24) is 25.4 Å². The quantitative estimate of drug-likeness (QED) is 0.0770. The summed E-state index contributed by atoms with van der Waals surface area (Å²) in [4.78, 5) is 62.2. The van der Waals surface area contributed by atoms with Crippen molar-refractivity contribution in [2.24, 2.45) is 10.8 Å². The first-order valence-electron chi connectivity index (χ1n) is 22.2. The van der Waals surface area contributed by atoms with Crippen molar-refractivity contribution in [2.75, 3.05) is 38.2 Å². The lowest BCUT2D eigenvalue weighted by Crippen LogP contribution is -2.58. The average molecular weight is 946 g/mol. The maximum absolute atomic E-state index is 14.0. The number of ether oxygens (including phenoxy) is 2. The second kappa shape index (κ2) is 21.3. The number of thiazole rings is 1. The van der Waals surface area contributed by atoms with Crippen LogP contribution in [0, 0.1) is 29.1 Å². The molecule has 2 aliphatic rings. The standard InChI is InChI=1S/C49H58F3N7O7S/c1-30-41(67-29-56-30)33-13-9-31(10-14-33)24-55-44(62)39-21-36(60)26-59(39)45(63)42(47(2,3)4)57-40(61)27-65-20-8-7-19-54-35-16-11-32(12-17-35)25-58-28-48(5,6)43(46(58)64)66-37-18-15-34(23-53)38(22-37)49(50,51)52/h9-18,22,29,36,39,42-43,54,60H,7-8,19-21,24-28H2,1-6H3,(H,55,62)(H,57,61). The monoisotopic (exact) mass is 945 g/mol. The number of aliphatic hydroxyl groups excluding tert-OH is 1. The number of amides is 4. The van der Waals surface area contributed by atoms with E-state index in [0.717, 1.165) is 51.5 Å². The number of aliphatic hydroxyl groups is 1. The first-order valence-corrected chi connectivity index (χ1v) is 23.0. The minimum Gasteiger partial charge on any atom is -0.480 e. The molecule has 67 heavy (non-hydrogen) atoms. The highest BCUT2D eigenvalue weighted by Crippen LogP contribution is 2.38. The van der Waals surface area contributed by atoms with E-state index in [9.17, 15) is 37.5 Å². The molecular formula is C49H58F3N7O7S. The van der Waals surface area contributed by atoms with Gasteiger partial charge in [0.05, 0.1) is 39.4 Å². The van der Waals surface area contributed by atoms with E-state index < -0.39 is 64.2 Å². The molecule has 0 saturated carbocycles. The Morgan fingerprint density at radius 2 is 1.73 bits per heavy atom. The van der Waals surface area contributed by atoms with Gasteiger partial charge in [0.1, 0.15) is 24.4 Å². The third kappa shape index (κ3) is 12.9. The van der Waals surface area contributed by atoms with Crippen LogP contribution in [0.1, 0.15) is 81.8 Å². The topological polar surface area (TPSA) is 186 Å². The van der Waals surface area contributed by atoms with Gasteiger partial charge in [0.25, 0.3) is 5.91 Å². The number of alkyl halides is 3. The molecule has 4 unspecified atom stereocenters. The van der Waals surface area contributed by atoms with Gasteiger partial charge in [-0.15, -0.1) is 11.3 Å². The molecule has 3 aromatic carbocycles. The highest BCUT2D eigenvalue weighted by Gasteiger charge is 2.48. The van der Waals surface area contributed by atoms with E-state index in [-0.39, 0.29) is 50.2 Å². The number of carbonyl (C=O) groups is 4. The summed E-state index contributed by atoms with van der Waals surface area (Å²) in [6.45, 7) is 12.5. The van der Waals surface area contributed by atoms with Gasteiger partial charge in [-0.3, -0.25) is 19.2 Å². The van der Waals surface area contributed by atoms with Crippen molar-refractivity contribution >= 4 is 40.7 Å². The molecule has 4 atom stereocenters. The molecule has 18 heteroatoms. The molecule has 2 aliphatic heterocycles. The number of carbonyl (C=O) groups excluding carboxylic acids is 4. The molecule has 0 bridgehead atoms. The Kier molecular flexibility index (Phi) is 16.0. The zero-order chi connectivity index (χ0) is 48.7. The van der Waals surface area contributed by atoms with Gasteiger partial charge in [-0.25, -0.2) is 4.98 Å². The van der Waals surface area contributed by atoms with E-state index >= 15 is 0 Å². The smallest absolute Gasteiger partial charge is 0.417 e. The summed E-state index contributed by atoms with van der Waals surface area (Å²) in [5.74, 6) is -1.80. The fraction of sp³-hybridized carbons (Fsp3) is 0.469. The number of aryl methyl sites for hydroxylation is 1. The van der Waals surface area contributed by atoms with E-state index in [1.54, 1.807) is 27.8 Å². The summed E-state index contributed by atoms with van der Waals surface area (Å²) in [5, 5.41) is 28.7. The molecule has 14 nitrogen and oxygen atoms in total. The molecule has 4 amide bonds. The lowest BCUT2D eigenvalue weighted by atomic mass is 9.85. The number of anilines is 1. The van der Waals surface area contributed by atoms with Gasteiger partial charge in [-0.05, 0) is 72.2 Å². The van der Waals surface area contributed by atoms with Crippen LogP contribution in [0.25, 0.3) is 10.4 Å². The van der Waals surface area contributed by atoms with Crippen molar-refractivity contribution < 1.29 is 46.9 Å². The number of nitrogens with one attached hydrogen (secondary N) is 3. The van der Waals surface area contributed by atoms with Gasteiger partial charge in [-0.2, -0.15) is 18.4 Å². The van der Waals surface area contributed by atoms with Crippen LogP contribution in [-0.4, -0.2) is 101 Å². The van der Waals surface area contributed by atoms with Crippen LogP contribution >= 0.6 is 11.3 Å². The van der Waals surface area contributed by atoms with E-state index in [1.165, 1.54) is 11.0 Å². The minimum atomic E-state index is -4.75. The van der Waals surface area contributed by atoms with Crippen LogP contribution < -0.4 is 20.7 Å². The second-order valence-electron chi connectivity index (χ2n) is 18.8. The van der Waals surface area contributed by atoms with Crippen LogP contribution in [0.15, 0.2) is 72.2 Å². The number of aromatic nitrogens is 1. The Morgan fingerprint density at radius 3 is 2.37 bits per heavy atom. The normalized spacial score (nSPS) is 18.6. The van der Waals surface area contributed by atoms with E-state index in [1.807, 2.05) is 90.1 Å². The third-order valence-electron chi connectivity index (χ3n) is 11.8. The third-order valence-corrected chi connectivity index (χ3v) is 12.8. The first-order chi connectivity index (χ1) is 31.6. The summed E-state index contributed by atoms with van der Waals surface area (Å²) >= 11 is 1.56. The molecular weight excluding hydrogens is 888 g/mol. The van der Waals surface area contributed by atoms with Gasteiger partial charge < -0.3 is 40.3 Å². The lowest BCUT2D eigenvalue weighted by molar-refractivity contribution is -0.144. The van der Waals surface area contributed by atoms with Gasteiger partial charge >= 0.3 is 6.18 Å². The van der Waals surface area contributed by atoms with Crippen LogP contribution in [0.2, 0.25) is 0 Å². The molecule has 0 radical (unpaired) electrons. The predicted octanol–water partition coefficient (Wildman–Crippen LogP) is 6.84. The zero-order valence-electron chi connectivity index (χ0n) is 38.5. The molecule has 4 aromatic rings. The number of nitriles is 1. The minimum absolute atomic E-state index is 0.0316. The van der Waals surface area contributed by atoms with Gasteiger partial charge in [-0.1, -0.05) is 71.0 Å². The van der Waals surface area contributed by atoms with E-state index in [4.69, 9.17) is 14.7 Å². The number of hydrogen-bond acceptors (Lipinski definition) is 11. The Labute approximate surface area is 392 Å². The maximum Gasteiger partial charge on any atom is 0.417 e. The van der Waals surface area contributed by atoms with Crippen molar-refractivity contribution in [1.29, 1.82) is 5.26 Å². The number of β-amino-alcohol motifs (C(OH)–C–C–N with tert-alkyl or cyclic N) is 1. The molecule has 0 spiro atoms. The highest BCUT2D eigenvalue weighted by atomic mass is 32.1. The Balaban J connectivity index is 0.902. The number of rotatable bonds is 18. The number of hydrogen-bond donors (Lipinski definition) is 4. The van der Waals surface area contributed by atoms with E-state index in [0.29, 0.717) is 26.1 Å². The van der Waals surface area contributed by atoms with E-state index in [2.05, 4.69) is 20.9 Å². The van der Waals surface area contributed by atoms with Crippen LogP contribution in [0.5, 0.6) is 5.75 Å². The summed E-state index contributed by atoms with van der Waals surface area (Å²) in [7, 11) is 0. The maximum atomic E-state index is 14.0. The SMILES string of the molecule is Cc1ncsc1-c1ccc(CNC(=O)C2CC(O)CN2C(=O)C(NC(=O)COCCCCNc2ccc(CN3CC(C)(C)C(Oc4ccc(C#N)c(C(F)(F)F)c4)C3=O)cc2)C(C)(C)C)cc1. The number of unbranched alkanes of at least 4 members (excludes halogenated alkanes) is 1. The van der Waals surface area contributed by atoms with Crippen molar-refractivity contribution in [2.45, 2.75) is 104 Å².